The largest absolute Gasteiger partial charge is 0.316 e. The zero-order chi connectivity index (χ0) is 9.73. The Morgan fingerprint density at radius 2 is 2.08 bits per heavy atom. The zero-order valence-corrected chi connectivity index (χ0v) is 8.89. The van der Waals surface area contributed by atoms with Crippen molar-refractivity contribution in [1.29, 1.82) is 0 Å². The summed E-state index contributed by atoms with van der Waals surface area (Å²) in [7, 11) is -1.51. The van der Waals surface area contributed by atoms with Crippen molar-refractivity contribution in [2.45, 2.75) is 0 Å². The minimum atomic E-state index is -2.89. The van der Waals surface area contributed by atoms with E-state index >= 15 is 0 Å². The van der Waals surface area contributed by atoms with Gasteiger partial charge in [-0.2, -0.15) is 0 Å². The Kier molecular flexibility index (Phi) is 3.79. The molecule has 0 radical (unpaired) electrons. The molecule has 13 heavy (non-hydrogen) atoms. The molecule has 1 N–H and O–H groups in total. The lowest BCUT2D eigenvalue weighted by Gasteiger charge is -2.15. The molecule has 1 aromatic carbocycles. The Bertz CT molecular complexity index is 296. The maximum Gasteiger partial charge on any atom is 0.308 e. The van der Waals surface area contributed by atoms with Gasteiger partial charge >= 0.3 is 7.52 Å². The highest BCUT2D eigenvalue weighted by Crippen LogP contribution is 2.46. The maximum absolute atomic E-state index is 11.7. The second-order valence-electron chi connectivity index (χ2n) is 2.45. The summed E-state index contributed by atoms with van der Waals surface area (Å²) < 4.78 is 16.5. The van der Waals surface area contributed by atoms with Gasteiger partial charge in [0.05, 0.1) is 0 Å². The van der Waals surface area contributed by atoms with Crippen LogP contribution < -0.4 is 5.09 Å². The van der Waals surface area contributed by atoms with Crippen LogP contribution in [0.25, 0.3) is 0 Å². The van der Waals surface area contributed by atoms with E-state index in [4.69, 9.17) is 16.1 Å². The van der Waals surface area contributed by atoms with Crippen LogP contribution in [0.1, 0.15) is 0 Å². The quantitative estimate of drug-likeness (QED) is 0.625. The molecule has 3 nitrogen and oxygen atoms in total. The van der Waals surface area contributed by atoms with Crippen LogP contribution in [0.4, 0.5) is 5.69 Å². The SMILES string of the molecule is COP(=O)(CCl)Nc1ccccc1. The van der Waals surface area contributed by atoms with Crippen molar-refractivity contribution in [3.8, 4) is 0 Å². The maximum atomic E-state index is 11.7. The lowest BCUT2D eigenvalue weighted by molar-refractivity contribution is 0.402. The molecular weight excluding hydrogens is 209 g/mol. The van der Waals surface area contributed by atoms with Crippen LogP contribution in [0.3, 0.4) is 0 Å². The lowest BCUT2D eigenvalue weighted by Crippen LogP contribution is -1.99. The fourth-order valence-corrected chi connectivity index (χ4v) is 2.10. The monoisotopic (exact) mass is 219 g/mol. The molecule has 0 fully saturated rings. The minimum Gasteiger partial charge on any atom is -0.316 e. The van der Waals surface area contributed by atoms with Crippen molar-refractivity contribution in [2.24, 2.45) is 0 Å². The van der Waals surface area contributed by atoms with E-state index in [-0.39, 0.29) is 5.62 Å². The fraction of sp³-hybridized carbons (Fsp3) is 0.250. The summed E-state index contributed by atoms with van der Waals surface area (Å²) in [5, 5.41) is 2.76. The average molecular weight is 220 g/mol. The Morgan fingerprint density at radius 3 is 2.54 bits per heavy atom. The standard InChI is InChI=1S/C8H11ClNO2P/c1-12-13(11,7-9)10-8-5-3-2-4-6-8/h2-6H,7H2,1H3,(H,10,11). The molecule has 0 bridgehead atoms. The third-order valence-corrected chi connectivity index (χ3v) is 3.97. The molecule has 1 unspecified atom stereocenters. The van der Waals surface area contributed by atoms with E-state index in [1.807, 2.05) is 18.2 Å². The van der Waals surface area contributed by atoms with E-state index in [1.54, 1.807) is 12.1 Å². The molecule has 0 aliphatic carbocycles. The summed E-state index contributed by atoms with van der Waals surface area (Å²) in [6, 6.07) is 9.17. The van der Waals surface area contributed by atoms with Crippen molar-refractivity contribution in [3.63, 3.8) is 0 Å². The summed E-state index contributed by atoms with van der Waals surface area (Å²) in [6.45, 7) is 0. The van der Waals surface area contributed by atoms with Gasteiger partial charge in [0, 0.05) is 12.8 Å². The highest BCUT2D eigenvalue weighted by Gasteiger charge is 2.19. The molecule has 0 saturated carbocycles. The van der Waals surface area contributed by atoms with Gasteiger partial charge in [0.25, 0.3) is 0 Å². The second-order valence-corrected chi connectivity index (χ2v) is 5.35. The Hall–Kier alpha value is -0.500. The first kappa shape index (κ1) is 10.6. The van der Waals surface area contributed by atoms with Gasteiger partial charge in [-0.3, -0.25) is 4.57 Å². The van der Waals surface area contributed by atoms with E-state index in [9.17, 15) is 4.57 Å². The molecule has 0 amide bonds. The highest BCUT2D eigenvalue weighted by atomic mass is 35.5. The first-order valence-electron chi connectivity index (χ1n) is 3.74. The molecule has 0 aliphatic heterocycles. The molecule has 1 rings (SSSR count). The number of hydrogen-bond acceptors (Lipinski definition) is 2. The number of halogens is 1. The van der Waals surface area contributed by atoms with Gasteiger partial charge in [-0.25, -0.2) is 0 Å². The number of alkyl halides is 1. The van der Waals surface area contributed by atoms with Gasteiger partial charge in [0.1, 0.15) is 5.62 Å². The summed E-state index contributed by atoms with van der Waals surface area (Å²) in [5.74, 6) is 0. The molecule has 1 aromatic rings. The average Bonchev–Trinajstić information content (AvgIpc) is 2.19. The summed E-state index contributed by atoms with van der Waals surface area (Å²) >= 11 is 5.51. The van der Waals surface area contributed by atoms with Crippen molar-refractivity contribution in [3.05, 3.63) is 30.3 Å². The van der Waals surface area contributed by atoms with Crippen LogP contribution in [0, 0.1) is 0 Å². The van der Waals surface area contributed by atoms with Gasteiger partial charge in [0.15, 0.2) is 0 Å². The molecule has 0 heterocycles. The topological polar surface area (TPSA) is 38.3 Å². The predicted molar refractivity (Wildman–Crippen MR) is 55.4 cm³/mol. The van der Waals surface area contributed by atoms with E-state index < -0.39 is 7.52 Å². The third-order valence-electron chi connectivity index (χ3n) is 1.53. The van der Waals surface area contributed by atoms with E-state index in [2.05, 4.69) is 5.09 Å². The van der Waals surface area contributed by atoms with Gasteiger partial charge in [-0.15, -0.1) is 11.6 Å². The van der Waals surface area contributed by atoms with E-state index in [0.29, 0.717) is 0 Å². The van der Waals surface area contributed by atoms with Crippen molar-refractivity contribution < 1.29 is 9.09 Å². The third kappa shape index (κ3) is 3.03. The smallest absolute Gasteiger partial charge is 0.308 e. The molecule has 0 spiro atoms. The molecule has 0 aliphatic rings. The van der Waals surface area contributed by atoms with Gasteiger partial charge in [-0.05, 0) is 12.1 Å². The van der Waals surface area contributed by atoms with Crippen LogP contribution >= 0.6 is 19.1 Å². The number of para-hydroxylation sites is 1. The van der Waals surface area contributed by atoms with Gasteiger partial charge < -0.3 is 9.61 Å². The Balaban J connectivity index is 2.74. The molecule has 0 aromatic heterocycles. The molecule has 1 atom stereocenters. The van der Waals surface area contributed by atoms with Crippen molar-refractivity contribution >= 4 is 24.8 Å². The lowest BCUT2D eigenvalue weighted by atomic mass is 10.3. The minimum absolute atomic E-state index is 0.0433. The first-order valence-corrected chi connectivity index (χ1v) is 6.09. The number of nitrogens with one attached hydrogen (secondary N) is 1. The first-order chi connectivity index (χ1) is 6.20. The fourth-order valence-electron chi connectivity index (χ4n) is 0.834. The Labute approximate surface area is 82.6 Å². The van der Waals surface area contributed by atoms with E-state index in [0.717, 1.165) is 5.69 Å². The van der Waals surface area contributed by atoms with E-state index in [1.165, 1.54) is 7.11 Å². The van der Waals surface area contributed by atoms with Crippen molar-refractivity contribution in [1.82, 2.24) is 0 Å². The summed E-state index contributed by atoms with van der Waals surface area (Å²) in [5.41, 5.74) is 0.701. The highest BCUT2D eigenvalue weighted by molar-refractivity contribution is 7.62. The van der Waals surface area contributed by atoms with Crippen LogP contribution in [0.15, 0.2) is 30.3 Å². The van der Waals surface area contributed by atoms with Crippen LogP contribution in [-0.2, 0) is 9.09 Å². The Morgan fingerprint density at radius 1 is 1.46 bits per heavy atom. The van der Waals surface area contributed by atoms with Gasteiger partial charge in [0.2, 0.25) is 0 Å². The normalized spacial score (nSPS) is 14.9. The summed E-state index contributed by atoms with van der Waals surface area (Å²) in [4.78, 5) is 0. The molecule has 0 saturated heterocycles. The molecule has 5 heteroatoms. The number of anilines is 1. The number of rotatable bonds is 4. The number of hydrogen-bond donors (Lipinski definition) is 1. The van der Waals surface area contributed by atoms with Gasteiger partial charge in [-0.1, -0.05) is 18.2 Å². The van der Waals surface area contributed by atoms with Crippen LogP contribution in [0.2, 0.25) is 0 Å². The van der Waals surface area contributed by atoms with Crippen molar-refractivity contribution in [2.75, 3.05) is 17.8 Å². The van der Waals surface area contributed by atoms with Crippen LogP contribution in [-0.4, -0.2) is 12.7 Å². The second kappa shape index (κ2) is 4.66. The molecule has 72 valence electrons. The zero-order valence-electron chi connectivity index (χ0n) is 7.24. The number of benzene rings is 1. The molecular formula is C8H11ClNO2P. The summed E-state index contributed by atoms with van der Waals surface area (Å²) in [6.07, 6.45) is 0. The van der Waals surface area contributed by atoms with Crippen LogP contribution in [0.5, 0.6) is 0 Å². The predicted octanol–water partition coefficient (Wildman–Crippen LogP) is 3.13.